The van der Waals surface area contributed by atoms with E-state index in [9.17, 15) is 9.90 Å². The normalized spacial score (nSPS) is 11.7. The van der Waals surface area contributed by atoms with Crippen molar-refractivity contribution >= 4 is 34.2 Å². The first-order chi connectivity index (χ1) is 8.67. The van der Waals surface area contributed by atoms with Crippen molar-refractivity contribution in [2.24, 2.45) is 0 Å². The molecule has 0 aliphatic heterocycles. The first-order valence-electron chi connectivity index (χ1n) is 6.14. The molecule has 0 spiro atoms. The van der Waals surface area contributed by atoms with E-state index in [2.05, 4.69) is 27.9 Å². The number of halogens is 1. The standard InChI is InChI=1S/C14H21IN2O2/c1-10-7-11(15)5-6-12(10)16-13(18)8-17(4)9-14(2,3)19/h5-7,19H,8-9H2,1-4H3,(H,16,18). The van der Waals surface area contributed by atoms with Gasteiger partial charge in [-0.25, -0.2) is 0 Å². The van der Waals surface area contributed by atoms with Crippen LogP contribution in [0.1, 0.15) is 19.4 Å². The van der Waals surface area contributed by atoms with Crippen molar-refractivity contribution in [3.05, 3.63) is 27.3 Å². The van der Waals surface area contributed by atoms with E-state index in [0.717, 1.165) is 14.8 Å². The molecule has 106 valence electrons. The lowest BCUT2D eigenvalue weighted by Crippen LogP contribution is -2.40. The second-order valence-electron chi connectivity index (χ2n) is 5.49. The van der Waals surface area contributed by atoms with Crippen LogP contribution < -0.4 is 5.32 Å². The molecule has 0 heterocycles. The molecule has 4 nitrogen and oxygen atoms in total. The minimum absolute atomic E-state index is 0.0731. The molecule has 0 aliphatic rings. The number of carbonyl (C=O) groups is 1. The lowest BCUT2D eigenvalue weighted by molar-refractivity contribution is -0.117. The molecule has 1 amide bonds. The van der Waals surface area contributed by atoms with Gasteiger partial charge in [0, 0.05) is 15.8 Å². The number of aliphatic hydroxyl groups is 1. The van der Waals surface area contributed by atoms with Gasteiger partial charge in [0.2, 0.25) is 5.91 Å². The number of hydrogen-bond donors (Lipinski definition) is 2. The second-order valence-corrected chi connectivity index (χ2v) is 6.74. The van der Waals surface area contributed by atoms with Gasteiger partial charge in [0.25, 0.3) is 0 Å². The number of nitrogens with zero attached hydrogens (tertiary/aromatic N) is 1. The third-order valence-electron chi connectivity index (χ3n) is 2.53. The number of likely N-dealkylation sites (N-methyl/N-ethyl adjacent to an activating group) is 1. The average molecular weight is 376 g/mol. The highest BCUT2D eigenvalue weighted by atomic mass is 127. The summed E-state index contributed by atoms with van der Waals surface area (Å²) < 4.78 is 1.15. The van der Waals surface area contributed by atoms with Crippen LogP contribution in [-0.2, 0) is 4.79 Å². The number of rotatable bonds is 5. The van der Waals surface area contributed by atoms with E-state index in [1.54, 1.807) is 18.7 Å². The SMILES string of the molecule is Cc1cc(I)ccc1NC(=O)CN(C)CC(C)(C)O. The summed E-state index contributed by atoms with van der Waals surface area (Å²) in [6, 6.07) is 5.89. The Balaban J connectivity index is 2.56. The molecule has 1 aromatic carbocycles. The number of amides is 1. The van der Waals surface area contributed by atoms with Crippen molar-refractivity contribution in [3.63, 3.8) is 0 Å². The maximum atomic E-state index is 11.9. The Morgan fingerprint density at radius 1 is 1.47 bits per heavy atom. The van der Waals surface area contributed by atoms with E-state index < -0.39 is 5.60 Å². The molecule has 5 heteroatoms. The molecule has 2 N–H and O–H groups in total. The molecule has 0 aliphatic carbocycles. The van der Waals surface area contributed by atoms with Gasteiger partial charge in [-0.3, -0.25) is 9.69 Å². The largest absolute Gasteiger partial charge is 0.389 e. The van der Waals surface area contributed by atoms with Gasteiger partial charge in [0.15, 0.2) is 0 Å². The Morgan fingerprint density at radius 3 is 2.63 bits per heavy atom. The zero-order valence-electron chi connectivity index (χ0n) is 11.8. The minimum atomic E-state index is -0.798. The van der Waals surface area contributed by atoms with Crippen molar-refractivity contribution in [2.75, 3.05) is 25.5 Å². The van der Waals surface area contributed by atoms with Gasteiger partial charge in [0.1, 0.15) is 0 Å². The molecule has 0 atom stereocenters. The highest BCUT2D eigenvalue weighted by Crippen LogP contribution is 2.17. The Labute approximate surface area is 128 Å². The van der Waals surface area contributed by atoms with Gasteiger partial charge >= 0.3 is 0 Å². The van der Waals surface area contributed by atoms with Gasteiger partial charge in [-0.2, -0.15) is 0 Å². The fraction of sp³-hybridized carbons (Fsp3) is 0.500. The summed E-state index contributed by atoms with van der Waals surface area (Å²) in [6.45, 7) is 6.13. The fourth-order valence-electron chi connectivity index (χ4n) is 1.92. The molecule has 0 unspecified atom stereocenters. The Morgan fingerprint density at radius 2 is 2.11 bits per heavy atom. The van der Waals surface area contributed by atoms with E-state index in [1.165, 1.54) is 0 Å². The summed E-state index contributed by atoms with van der Waals surface area (Å²) in [5.41, 5.74) is 1.08. The Hall–Kier alpha value is -0.660. The maximum Gasteiger partial charge on any atom is 0.238 e. The number of anilines is 1. The number of hydrogen-bond acceptors (Lipinski definition) is 3. The van der Waals surface area contributed by atoms with Crippen LogP contribution in [0, 0.1) is 10.5 Å². The van der Waals surface area contributed by atoms with Crippen LogP contribution in [-0.4, -0.2) is 41.7 Å². The van der Waals surface area contributed by atoms with E-state index in [-0.39, 0.29) is 12.5 Å². The number of benzene rings is 1. The summed E-state index contributed by atoms with van der Waals surface area (Å²) in [6.07, 6.45) is 0. The highest BCUT2D eigenvalue weighted by molar-refractivity contribution is 14.1. The zero-order valence-corrected chi connectivity index (χ0v) is 14.0. The first-order valence-corrected chi connectivity index (χ1v) is 7.22. The smallest absolute Gasteiger partial charge is 0.238 e. The van der Waals surface area contributed by atoms with Gasteiger partial charge in [-0.15, -0.1) is 0 Å². The predicted molar refractivity (Wildman–Crippen MR) is 86.3 cm³/mol. The van der Waals surface area contributed by atoms with E-state index in [1.807, 2.05) is 32.2 Å². The average Bonchev–Trinajstić information content (AvgIpc) is 2.19. The molecule has 19 heavy (non-hydrogen) atoms. The van der Waals surface area contributed by atoms with Crippen LogP contribution in [0.15, 0.2) is 18.2 Å². The van der Waals surface area contributed by atoms with Crippen LogP contribution in [0.2, 0.25) is 0 Å². The summed E-state index contributed by atoms with van der Waals surface area (Å²) >= 11 is 2.24. The summed E-state index contributed by atoms with van der Waals surface area (Å²) in [5.74, 6) is -0.0731. The second kappa shape index (κ2) is 6.67. The zero-order chi connectivity index (χ0) is 14.6. The third kappa shape index (κ3) is 6.35. The van der Waals surface area contributed by atoms with Crippen molar-refractivity contribution in [1.29, 1.82) is 0 Å². The van der Waals surface area contributed by atoms with Gasteiger partial charge in [0.05, 0.1) is 12.1 Å². The number of carbonyl (C=O) groups excluding carboxylic acids is 1. The van der Waals surface area contributed by atoms with E-state index in [0.29, 0.717) is 6.54 Å². The lowest BCUT2D eigenvalue weighted by atomic mass is 10.1. The van der Waals surface area contributed by atoms with Crippen molar-refractivity contribution in [2.45, 2.75) is 26.4 Å². The molecule has 0 bridgehead atoms. The quantitative estimate of drug-likeness (QED) is 0.776. The van der Waals surface area contributed by atoms with Gasteiger partial charge in [-0.05, 0) is 74.2 Å². The topological polar surface area (TPSA) is 52.6 Å². The van der Waals surface area contributed by atoms with Crippen LogP contribution in [0.4, 0.5) is 5.69 Å². The van der Waals surface area contributed by atoms with Crippen LogP contribution in [0.25, 0.3) is 0 Å². The summed E-state index contributed by atoms with van der Waals surface area (Å²) in [4.78, 5) is 13.7. The lowest BCUT2D eigenvalue weighted by Gasteiger charge is -2.24. The fourth-order valence-corrected chi connectivity index (χ4v) is 2.57. The predicted octanol–water partition coefficient (Wildman–Crippen LogP) is 2.24. The molecule has 0 saturated carbocycles. The third-order valence-corrected chi connectivity index (χ3v) is 3.20. The van der Waals surface area contributed by atoms with Crippen LogP contribution >= 0.6 is 22.6 Å². The molecule has 1 rings (SSSR count). The molecule has 1 aromatic rings. The first kappa shape index (κ1) is 16.4. The van der Waals surface area contributed by atoms with Crippen molar-refractivity contribution in [3.8, 4) is 0 Å². The van der Waals surface area contributed by atoms with E-state index >= 15 is 0 Å². The number of aryl methyl sites for hydroxylation is 1. The molecule has 0 aromatic heterocycles. The Kier molecular flexibility index (Phi) is 5.76. The van der Waals surface area contributed by atoms with Gasteiger partial charge in [-0.1, -0.05) is 0 Å². The van der Waals surface area contributed by atoms with Crippen LogP contribution in [0.3, 0.4) is 0 Å². The van der Waals surface area contributed by atoms with Crippen molar-refractivity contribution < 1.29 is 9.90 Å². The highest BCUT2D eigenvalue weighted by Gasteiger charge is 2.17. The van der Waals surface area contributed by atoms with E-state index in [4.69, 9.17) is 0 Å². The molecular formula is C14H21IN2O2. The maximum absolute atomic E-state index is 11.9. The minimum Gasteiger partial charge on any atom is -0.389 e. The number of nitrogens with one attached hydrogen (secondary N) is 1. The summed E-state index contributed by atoms with van der Waals surface area (Å²) in [5, 5.41) is 12.6. The molecular weight excluding hydrogens is 355 g/mol. The van der Waals surface area contributed by atoms with Gasteiger partial charge < -0.3 is 10.4 Å². The monoisotopic (exact) mass is 376 g/mol. The molecule has 0 radical (unpaired) electrons. The van der Waals surface area contributed by atoms with Crippen molar-refractivity contribution in [1.82, 2.24) is 4.90 Å². The Bertz CT molecular complexity index is 455. The van der Waals surface area contributed by atoms with Crippen LogP contribution in [0.5, 0.6) is 0 Å². The molecule has 0 saturated heterocycles. The molecule has 0 fully saturated rings. The summed E-state index contributed by atoms with van der Waals surface area (Å²) in [7, 11) is 1.82.